The Morgan fingerprint density at radius 1 is 1.37 bits per heavy atom. The monoisotopic (exact) mass is 263 g/mol. The number of imide groups is 1. The molecule has 1 fully saturated rings. The summed E-state index contributed by atoms with van der Waals surface area (Å²) in [6.07, 6.45) is 0.768. The lowest BCUT2D eigenvalue weighted by atomic mass is 10.2. The zero-order valence-electron chi connectivity index (χ0n) is 10.5. The molecule has 2 amide bonds. The van der Waals surface area contributed by atoms with Crippen molar-refractivity contribution in [2.24, 2.45) is 5.84 Å². The molecule has 6 heteroatoms. The van der Waals surface area contributed by atoms with E-state index in [1.54, 1.807) is 0 Å². The molecular formula is C13H17N3O3. The molecule has 0 radical (unpaired) electrons. The van der Waals surface area contributed by atoms with Gasteiger partial charge in [0.05, 0.1) is 6.04 Å². The van der Waals surface area contributed by atoms with E-state index in [2.05, 4.69) is 5.32 Å². The molecule has 1 saturated heterocycles. The smallest absolute Gasteiger partial charge is 0.431 e. The number of ether oxygens (including phenoxy) is 1. The van der Waals surface area contributed by atoms with Crippen LogP contribution in [0.4, 0.5) is 4.79 Å². The minimum absolute atomic E-state index is 0.0960. The quantitative estimate of drug-likeness (QED) is 0.478. The van der Waals surface area contributed by atoms with E-state index in [1.165, 1.54) is 0 Å². The van der Waals surface area contributed by atoms with Gasteiger partial charge in [-0.05, 0) is 24.9 Å². The first-order valence-electron chi connectivity index (χ1n) is 6.21. The number of benzene rings is 1. The van der Waals surface area contributed by atoms with E-state index in [0.717, 1.165) is 18.5 Å². The minimum atomic E-state index is -0.831. The molecule has 0 spiro atoms. The molecule has 1 atom stereocenters. The highest BCUT2D eigenvalue weighted by Crippen LogP contribution is 2.08. The van der Waals surface area contributed by atoms with E-state index in [-0.39, 0.29) is 12.6 Å². The van der Waals surface area contributed by atoms with Crippen molar-refractivity contribution in [3.63, 3.8) is 0 Å². The number of nitrogens with two attached hydrogens (primary N) is 1. The van der Waals surface area contributed by atoms with Gasteiger partial charge in [-0.1, -0.05) is 30.3 Å². The summed E-state index contributed by atoms with van der Waals surface area (Å²) in [6.45, 7) is 0.863. The van der Waals surface area contributed by atoms with Crippen LogP contribution in [0.2, 0.25) is 0 Å². The van der Waals surface area contributed by atoms with Gasteiger partial charge in [0.25, 0.3) is 5.91 Å². The molecule has 1 aliphatic rings. The predicted molar refractivity (Wildman–Crippen MR) is 68.7 cm³/mol. The molecule has 102 valence electrons. The molecule has 1 aromatic rings. The van der Waals surface area contributed by atoms with Gasteiger partial charge in [-0.3, -0.25) is 4.79 Å². The summed E-state index contributed by atoms with van der Waals surface area (Å²) in [5.74, 6) is 5.03. The van der Waals surface area contributed by atoms with E-state index in [9.17, 15) is 9.59 Å². The molecule has 1 heterocycles. The van der Waals surface area contributed by atoms with Crippen LogP contribution >= 0.6 is 0 Å². The average molecular weight is 263 g/mol. The van der Waals surface area contributed by atoms with Gasteiger partial charge in [-0.2, -0.15) is 5.01 Å². The van der Waals surface area contributed by atoms with Gasteiger partial charge < -0.3 is 10.1 Å². The summed E-state index contributed by atoms with van der Waals surface area (Å²) in [4.78, 5) is 23.5. The molecule has 2 rings (SSSR count). The average Bonchev–Trinajstić information content (AvgIpc) is 2.98. The van der Waals surface area contributed by atoms with Crippen molar-refractivity contribution in [3.05, 3.63) is 35.9 Å². The highest BCUT2D eigenvalue weighted by molar-refractivity contribution is 5.94. The first-order valence-corrected chi connectivity index (χ1v) is 6.21. The Labute approximate surface area is 111 Å². The van der Waals surface area contributed by atoms with Crippen LogP contribution in [-0.2, 0) is 16.1 Å². The van der Waals surface area contributed by atoms with Crippen molar-refractivity contribution in [2.75, 3.05) is 6.54 Å². The van der Waals surface area contributed by atoms with Gasteiger partial charge in [0.2, 0.25) is 0 Å². The third-order valence-electron chi connectivity index (χ3n) is 3.00. The molecule has 1 aromatic carbocycles. The Morgan fingerprint density at radius 3 is 2.74 bits per heavy atom. The molecule has 0 saturated carbocycles. The number of carbonyl (C=O) groups is 2. The van der Waals surface area contributed by atoms with Crippen LogP contribution in [0, 0.1) is 0 Å². The van der Waals surface area contributed by atoms with Gasteiger partial charge in [0.15, 0.2) is 0 Å². The normalized spacial score (nSPS) is 18.1. The fourth-order valence-corrected chi connectivity index (χ4v) is 1.94. The van der Waals surface area contributed by atoms with Crippen molar-refractivity contribution in [1.29, 1.82) is 0 Å². The van der Waals surface area contributed by atoms with Crippen LogP contribution in [-0.4, -0.2) is 29.6 Å². The summed E-state index contributed by atoms with van der Waals surface area (Å²) < 4.78 is 4.98. The first-order chi connectivity index (χ1) is 9.18. The summed E-state index contributed by atoms with van der Waals surface area (Å²) in [6, 6.07) is 8.83. The minimum Gasteiger partial charge on any atom is -0.443 e. The number of rotatable bonds is 3. The Morgan fingerprint density at radius 2 is 2.11 bits per heavy atom. The highest BCUT2D eigenvalue weighted by Gasteiger charge is 2.29. The molecular weight excluding hydrogens is 246 g/mol. The number of nitrogens with zero attached hydrogens (tertiary/aromatic N) is 1. The first kappa shape index (κ1) is 13.5. The second-order valence-corrected chi connectivity index (χ2v) is 4.40. The van der Waals surface area contributed by atoms with E-state index in [4.69, 9.17) is 10.6 Å². The van der Waals surface area contributed by atoms with Crippen LogP contribution in [0.3, 0.4) is 0 Å². The molecule has 1 aliphatic heterocycles. The number of hydrogen-bond acceptors (Lipinski definition) is 5. The molecule has 3 N–H and O–H groups in total. The largest absolute Gasteiger partial charge is 0.443 e. The van der Waals surface area contributed by atoms with Gasteiger partial charge in [0.1, 0.15) is 6.61 Å². The lowest BCUT2D eigenvalue weighted by Gasteiger charge is -2.18. The Kier molecular flexibility index (Phi) is 4.48. The Balaban J connectivity index is 1.83. The van der Waals surface area contributed by atoms with Gasteiger partial charge >= 0.3 is 6.09 Å². The number of amides is 2. The lowest BCUT2D eigenvalue weighted by molar-refractivity contribution is -0.131. The van der Waals surface area contributed by atoms with Crippen LogP contribution in [0.25, 0.3) is 0 Å². The number of hydrogen-bond donors (Lipinski definition) is 2. The molecule has 6 nitrogen and oxygen atoms in total. The van der Waals surface area contributed by atoms with Crippen LogP contribution in [0.15, 0.2) is 30.3 Å². The molecule has 0 unspecified atom stereocenters. The summed E-state index contributed by atoms with van der Waals surface area (Å²) >= 11 is 0. The Hall–Kier alpha value is -1.92. The maximum atomic E-state index is 11.8. The third kappa shape index (κ3) is 3.52. The van der Waals surface area contributed by atoms with Crippen LogP contribution < -0.4 is 11.2 Å². The SMILES string of the molecule is NN(C(=O)OCc1ccccc1)C(=O)[C@@H]1CCCN1. The van der Waals surface area contributed by atoms with Gasteiger partial charge in [-0.25, -0.2) is 10.6 Å². The van der Waals surface area contributed by atoms with Crippen LogP contribution in [0.5, 0.6) is 0 Å². The maximum Gasteiger partial charge on any atom is 0.431 e. The maximum absolute atomic E-state index is 11.8. The number of nitrogens with one attached hydrogen (secondary N) is 1. The zero-order chi connectivity index (χ0) is 13.7. The molecule has 0 aliphatic carbocycles. The third-order valence-corrected chi connectivity index (χ3v) is 3.00. The fourth-order valence-electron chi connectivity index (χ4n) is 1.94. The summed E-state index contributed by atoms with van der Waals surface area (Å²) in [5.41, 5.74) is 0.843. The van der Waals surface area contributed by atoms with Crippen LogP contribution in [0.1, 0.15) is 18.4 Å². The number of hydrazine groups is 1. The second kappa shape index (κ2) is 6.31. The molecule has 19 heavy (non-hydrogen) atoms. The van der Waals surface area contributed by atoms with Crippen molar-refractivity contribution in [2.45, 2.75) is 25.5 Å². The fraction of sp³-hybridized carbons (Fsp3) is 0.385. The summed E-state index contributed by atoms with van der Waals surface area (Å²) in [7, 11) is 0. The number of carbonyl (C=O) groups excluding carboxylic acids is 2. The van der Waals surface area contributed by atoms with Gasteiger partial charge in [-0.15, -0.1) is 0 Å². The Bertz CT molecular complexity index is 444. The van der Waals surface area contributed by atoms with Crippen molar-refractivity contribution in [3.8, 4) is 0 Å². The van der Waals surface area contributed by atoms with Crippen molar-refractivity contribution >= 4 is 12.0 Å². The zero-order valence-corrected chi connectivity index (χ0v) is 10.5. The second-order valence-electron chi connectivity index (χ2n) is 4.40. The summed E-state index contributed by atoms with van der Waals surface area (Å²) in [5, 5.41) is 3.53. The predicted octanol–water partition coefficient (Wildman–Crippen LogP) is 0.778. The standard InChI is InChI=1S/C13H17N3O3/c14-16(12(17)11-7-4-8-15-11)13(18)19-9-10-5-2-1-3-6-10/h1-3,5-6,11,15H,4,7-9,14H2/t11-/m0/s1. The molecule has 0 aromatic heterocycles. The van der Waals surface area contributed by atoms with Crippen molar-refractivity contribution in [1.82, 2.24) is 10.3 Å². The highest BCUT2D eigenvalue weighted by atomic mass is 16.6. The topological polar surface area (TPSA) is 84.7 Å². The van der Waals surface area contributed by atoms with Crippen molar-refractivity contribution < 1.29 is 14.3 Å². The van der Waals surface area contributed by atoms with Gasteiger partial charge in [0, 0.05) is 0 Å². The van der Waals surface area contributed by atoms with E-state index in [0.29, 0.717) is 11.4 Å². The van der Waals surface area contributed by atoms with E-state index < -0.39 is 12.0 Å². The molecule has 0 bridgehead atoms. The van der Waals surface area contributed by atoms with E-state index >= 15 is 0 Å². The lowest BCUT2D eigenvalue weighted by Crippen LogP contribution is -2.50. The van der Waals surface area contributed by atoms with E-state index in [1.807, 2.05) is 30.3 Å².